The van der Waals surface area contributed by atoms with E-state index in [-0.39, 0.29) is 28.3 Å². The lowest BCUT2D eigenvalue weighted by Crippen LogP contribution is -2.29. The molecule has 1 aliphatic carbocycles. The smallest absolute Gasteiger partial charge is 0.279 e. The molecule has 1 aliphatic rings. The Morgan fingerprint density at radius 1 is 1.45 bits per heavy atom. The van der Waals surface area contributed by atoms with Crippen molar-refractivity contribution in [2.45, 2.75) is 6.92 Å². The number of likely N-dealkylation sites (N-methyl/N-ethyl adjacent to an activating group) is 1. The Bertz CT molecular complexity index is 689. The van der Waals surface area contributed by atoms with Crippen LogP contribution >= 0.6 is 0 Å². The number of Topliss-reactive ketones (excluding diaryl/α,β-unsaturated/α-hetero) is 1. The highest BCUT2D eigenvalue weighted by Gasteiger charge is 2.34. The number of benzene rings is 1. The van der Waals surface area contributed by atoms with Crippen molar-refractivity contribution in [1.29, 1.82) is 5.41 Å². The zero-order valence-electron chi connectivity index (χ0n) is 11.1. The van der Waals surface area contributed by atoms with Gasteiger partial charge >= 0.3 is 0 Å². The first-order chi connectivity index (χ1) is 9.40. The quantitative estimate of drug-likeness (QED) is 0.675. The van der Waals surface area contributed by atoms with E-state index in [1.807, 2.05) is 0 Å². The molecule has 6 heteroatoms. The molecule has 0 unspecified atom stereocenters. The van der Waals surface area contributed by atoms with Crippen molar-refractivity contribution < 1.29 is 9.72 Å². The van der Waals surface area contributed by atoms with Gasteiger partial charge in [0.2, 0.25) is 5.78 Å². The molecule has 0 bridgehead atoms. The van der Waals surface area contributed by atoms with Crippen LogP contribution in [-0.2, 0) is 0 Å². The largest absolute Gasteiger partial charge is 0.348 e. The summed E-state index contributed by atoms with van der Waals surface area (Å²) in [6, 6.07) is 4.26. The third-order valence-corrected chi connectivity index (χ3v) is 3.31. The lowest BCUT2D eigenvalue weighted by Gasteiger charge is -2.25. The number of hydrogen-bond donors (Lipinski definition) is 1. The summed E-state index contributed by atoms with van der Waals surface area (Å²) >= 11 is 0. The Morgan fingerprint density at radius 2 is 2.10 bits per heavy atom. The SMILES string of the molecule is C=CN(C)C1=C(C)C(=N)c2c(cccc2[N+](=O)[O-])C1=O. The van der Waals surface area contributed by atoms with Crippen LogP contribution in [0.1, 0.15) is 22.8 Å². The predicted molar refractivity (Wildman–Crippen MR) is 74.9 cm³/mol. The van der Waals surface area contributed by atoms with Gasteiger partial charge in [0.15, 0.2) is 0 Å². The number of nitro benzene ring substituents is 1. The van der Waals surface area contributed by atoms with Crippen LogP contribution in [-0.4, -0.2) is 28.4 Å². The van der Waals surface area contributed by atoms with Crippen LogP contribution in [0.2, 0.25) is 0 Å². The minimum Gasteiger partial charge on any atom is -0.348 e. The van der Waals surface area contributed by atoms with E-state index >= 15 is 0 Å². The van der Waals surface area contributed by atoms with Crippen LogP contribution in [0.5, 0.6) is 0 Å². The van der Waals surface area contributed by atoms with Gasteiger partial charge in [-0.1, -0.05) is 12.6 Å². The zero-order valence-corrected chi connectivity index (χ0v) is 11.1. The molecular formula is C14H13N3O3. The molecule has 0 aromatic heterocycles. The average molecular weight is 271 g/mol. The molecule has 1 aromatic rings. The number of nitrogens with zero attached hydrogens (tertiary/aromatic N) is 2. The summed E-state index contributed by atoms with van der Waals surface area (Å²) in [6.45, 7) is 5.20. The molecule has 0 spiro atoms. The van der Waals surface area contributed by atoms with Crippen LogP contribution in [0.3, 0.4) is 0 Å². The second kappa shape index (κ2) is 4.73. The highest BCUT2D eigenvalue weighted by molar-refractivity contribution is 6.28. The molecule has 6 nitrogen and oxygen atoms in total. The summed E-state index contributed by atoms with van der Waals surface area (Å²) in [7, 11) is 1.65. The van der Waals surface area contributed by atoms with E-state index in [4.69, 9.17) is 5.41 Å². The number of allylic oxidation sites excluding steroid dienone is 2. The maximum atomic E-state index is 12.5. The molecule has 0 aliphatic heterocycles. The van der Waals surface area contributed by atoms with Crippen molar-refractivity contribution >= 4 is 17.2 Å². The summed E-state index contributed by atoms with van der Waals surface area (Å²) in [4.78, 5) is 24.5. The Labute approximate surface area is 115 Å². The number of hydrogen-bond acceptors (Lipinski definition) is 5. The molecule has 0 saturated heterocycles. The van der Waals surface area contributed by atoms with E-state index in [0.717, 1.165) is 0 Å². The van der Waals surface area contributed by atoms with Crippen LogP contribution in [0, 0.1) is 15.5 Å². The molecular weight excluding hydrogens is 258 g/mol. The van der Waals surface area contributed by atoms with Gasteiger partial charge in [0, 0.05) is 24.3 Å². The summed E-state index contributed by atoms with van der Waals surface area (Å²) in [6.07, 6.45) is 1.46. The van der Waals surface area contributed by atoms with Gasteiger partial charge in [-0.05, 0) is 19.2 Å². The monoisotopic (exact) mass is 271 g/mol. The summed E-state index contributed by atoms with van der Waals surface area (Å²) < 4.78 is 0. The van der Waals surface area contributed by atoms with Gasteiger partial charge in [-0.2, -0.15) is 0 Å². The molecule has 0 radical (unpaired) electrons. The number of rotatable bonds is 3. The van der Waals surface area contributed by atoms with Crippen molar-refractivity contribution in [3.8, 4) is 0 Å². The van der Waals surface area contributed by atoms with Gasteiger partial charge in [-0.3, -0.25) is 20.3 Å². The van der Waals surface area contributed by atoms with Gasteiger partial charge in [-0.25, -0.2) is 0 Å². The van der Waals surface area contributed by atoms with Gasteiger partial charge in [-0.15, -0.1) is 0 Å². The Kier molecular flexibility index (Phi) is 3.23. The van der Waals surface area contributed by atoms with E-state index in [1.54, 1.807) is 14.0 Å². The summed E-state index contributed by atoms with van der Waals surface area (Å²) in [5.41, 5.74) is 0.757. The topological polar surface area (TPSA) is 87.3 Å². The normalized spacial score (nSPS) is 14.1. The maximum absolute atomic E-state index is 12.5. The molecule has 102 valence electrons. The lowest BCUT2D eigenvalue weighted by molar-refractivity contribution is -0.385. The highest BCUT2D eigenvalue weighted by atomic mass is 16.6. The van der Waals surface area contributed by atoms with Crippen molar-refractivity contribution in [1.82, 2.24) is 4.90 Å². The van der Waals surface area contributed by atoms with E-state index in [0.29, 0.717) is 11.3 Å². The summed E-state index contributed by atoms with van der Waals surface area (Å²) in [5.74, 6) is -0.334. The Balaban J connectivity index is 2.75. The average Bonchev–Trinajstić information content (AvgIpc) is 2.43. The number of carbonyl (C=O) groups excluding carboxylic acids is 1. The molecule has 0 heterocycles. The van der Waals surface area contributed by atoms with E-state index in [1.165, 1.54) is 29.3 Å². The molecule has 1 aromatic carbocycles. The zero-order chi connectivity index (χ0) is 15.0. The molecule has 0 saturated carbocycles. The molecule has 0 atom stereocenters. The fourth-order valence-corrected chi connectivity index (χ4v) is 2.26. The minimum absolute atomic E-state index is 0.00407. The second-order valence-electron chi connectivity index (χ2n) is 4.43. The van der Waals surface area contributed by atoms with E-state index < -0.39 is 4.92 Å². The third-order valence-electron chi connectivity index (χ3n) is 3.31. The number of carbonyl (C=O) groups is 1. The van der Waals surface area contributed by atoms with Gasteiger partial charge in [0.25, 0.3) is 5.69 Å². The van der Waals surface area contributed by atoms with Crippen molar-refractivity contribution in [3.05, 3.63) is 63.5 Å². The van der Waals surface area contributed by atoms with E-state index in [9.17, 15) is 14.9 Å². The molecule has 1 N–H and O–H groups in total. The van der Waals surface area contributed by atoms with Crippen molar-refractivity contribution in [3.63, 3.8) is 0 Å². The molecule has 20 heavy (non-hydrogen) atoms. The number of nitrogens with one attached hydrogen (secondary N) is 1. The summed E-state index contributed by atoms with van der Waals surface area (Å²) in [5, 5.41) is 19.2. The lowest BCUT2D eigenvalue weighted by atomic mass is 9.86. The number of nitro groups is 1. The van der Waals surface area contributed by atoms with Gasteiger partial charge < -0.3 is 4.90 Å². The fraction of sp³-hybridized carbons (Fsp3) is 0.143. The Hall–Kier alpha value is -2.76. The van der Waals surface area contributed by atoms with Gasteiger partial charge in [0.05, 0.1) is 21.9 Å². The van der Waals surface area contributed by atoms with Crippen LogP contribution in [0.15, 0.2) is 42.2 Å². The third kappa shape index (κ3) is 1.82. The van der Waals surface area contributed by atoms with Crippen LogP contribution in [0.25, 0.3) is 0 Å². The first kappa shape index (κ1) is 13.7. The molecule has 0 amide bonds. The first-order valence-corrected chi connectivity index (χ1v) is 5.87. The first-order valence-electron chi connectivity index (χ1n) is 5.87. The predicted octanol–water partition coefficient (Wildman–Crippen LogP) is 2.51. The van der Waals surface area contributed by atoms with Crippen LogP contribution in [0.4, 0.5) is 5.69 Å². The fourth-order valence-electron chi connectivity index (χ4n) is 2.26. The highest BCUT2D eigenvalue weighted by Crippen LogP contribution is 2.33. The number of ketones is 1. The van der Waals surface area contributed by atoms with Gasteiger partial charge in [0.1, 0.15) is 0 Å². The minimum atomic E-state index is -0.573. The number of fused-ring (bicyclic) bond motifs is 1. The maximum Gasteiger partial charge on any atom is 0.279 e. The second-order valence-corrected chi connectivity index (χ2v) is 4.43. The van der Waals surface area contributed by atoms with E-state index in [2.05, 4.69) is 6.58 Å². The molecule has 0 fully saturated rings. The Morgan fingerprint density at radius 3 is 2.65 bits per heavy atom. The molecule has 2 rings (SSSR count). The van der Waals surface area contributed by atoms with Crippen LogP contribution < -0.4 is 0 Å². The standard InChI is InChI=1S/C14H13N3O3/c1-4-16(3)13-8(2)12(15)11-9(14(13)18)6-5-7-10(11)17(19)20/h4-7,15H,1H2,2-3H3. The van der Waals surface area contributed by atoms with Crippen molar-refractivity contribution in [2.75, 3.05) is 7.05 Å². The van der Waals surface area contributed by atoms with Crippen molar-refractivity contribution in [2.24, 2.45) is 0 Å².